The molecular formula is C42H65N3O12. The van der Waals surface area contributed by atoms with Crippen LogP contribution in [0, 0.1) is 5.92 Å². The second-order valence-corrected chi connectivity index (χ2v) is 17.6. The van der Waals surface area contributed by atoms with Crippen LogP contribution in [0.4, 0.5) is 9.59 Å². The molecule has 2 amide bonds. The van der Waals surface area contributed by atoms with Gasteiger partial charge in [-0.1, -0.05) is 62.4 Å². The molecular weight excluding hydrogens is 738 g/mol. The minimum atomic E-state index is -1.34. The Morgan fingerprint density at radius 2 is 1.54 bits per heavy atom. The highest BCUT2D eigenvalue weighted by Gasteiger charge is 2.55. The van der Waals surface area contributed by atoms with Gasteiger partial charge in [0.25, 0.3) is 0 Å². The Balaban J connectivity index is 1.44. The zero-order valence-electron chi connectivity index (χ0n) is 35.2. The third-order valence-corrected chi connectivity index (χ3v) is 9.92. The third-order valence-electron chi connectivity index (χ3n) is 9.92. The molecule has 4 rings (SSSR count). The molecule has 0 aromatic heterocycles. The summed E-state index contributed by atoms with van der Waals surface area (Å²) in [5, 5.41) is 2.45. The number of carbonyl (C=O) groups excluding carboxylic acids is 5. The largest absolute Gasteiger partial charge is 0.463 e. The number of rotatable bonds is 15. The quantitative estimate of drug-likeness (QED) is 0.165. The Bertz CT molecular complexity index is 1480. The lowest BCUT2D eigenvalue weighted by atomic mass is 9.83. The number of alkyl carbamates (subject to hydrolysis) is 1. The molecule has 2 saturated heterocycles. The van der Waals surface area contributed by atoms with Crippen LogP contribution in [0.1, 0.15) is 112 Å². The topological polar surface area (TPSA) is 168 Å². The molecule has 15 heteroatoms. The van der Waals surface area contributed by atoms with Crippen LogP contribution in [-0.2, 0) is 54.1 Å². The van der Waals surface area contributed by atoms with Crippen molar-refractivity contribution in [2.75, 3.05) is 39.5 Å². The number of morpholine rings is 1. The number of nitrogens with one attached hydrogen (secondary N) is 1. The molecule has 1 aromatic rings. The van der Waals surface area contributed by atoms with E-state index in [2.05, 4.69) is 10.2 Å². The first kappa shape index (κ1) is 45.7. The van der Waals surface area contributed by atoms with Gasteiger partial charge in [0.2, 0.25) is 0 Å². The van der Waals surface area contributed by atoms with E-state index in [-0.39, 0.29) is 19.4 Å². The predicted molar refractivity (Wildman–Crippen MR) is 209 cm³/mol. The van der Waals surface area contributed by atoms with Crippen LogP contribution in [0.5, 0.6) is 0 Å². The van der Waals surface area contributed by atoms with Crippen LogP contribution in [0.15, 0.2) is 30.3 Å². The molecule has 4 atom stereocenters. The van der Waals surface area contributed by atoms with E-state index >= 15 is 0 Å². The fraction of sp³-hybridized carbons (Fsp3) is 0.738. The fourth-order valence-corrected chi connectivity index (χ4v) is 7.31. The molecule has 320 valence electrons. The van der Waals surface area contributed by atoms with Gasteiger partial charge in [0.15, 0.2) is 12.1 Å². The minimum Gasteiger partial charge on any atom is -0.463 e. The minimum absolute atomic E-state index is 0.0273. The van der Waals surface area contributed by atoms with Crippen molar-refractivity contribution in [1.29, 1.82) is 0 Å². The molecule has 1 aliphatic carbocycles. The van der Waals surface area contributed by atoms with Crippen LogP contribution in [-0.4, -0.2) is 121 Å². The van der Waals surface area contributed by atoms with Crippen molar-refractivity contribution in [2.45, 2.75) is 155 Å². The molecule has 0 bridgehead atoms. The van der Waals surface area contributed by atoms with Crippen molar-refractivity contribution < 1.29 is 57.1 Å². The fourth-order valence-electron chi connectivity index (χ4n) is 7.31. The summed E-state index contributed by atoms with van der Waals surface area (Å²) < 4.78 is 40.1. The van der Waals surface area contributed by atoms with Crippen LogP contribution in [0.2, 0.25) is 0 Å². The van der Waals surface area contributed by atoms with E-state index in [1.165, 1.54) is 0 Å². The highest BCUT2D eigenvalue weighted by atomic mass is 16.6. The Morgan fingerprint density at radius 3 is 2.18 bits per heavy atom. The lowest BCUT2D eigenvalue weighted by Gasteiger charge is -2.36. The normalized spacial score (nSPS) is 21.5. The molecule has 57 heavy (non-hydrogen) atoms. The zero-order valence-corrected chi connectivity index (χ0v) is 35.2. The first-order valence-electron chi connectivity index (χ1n) is 20.4. The molecule has 1 aromatic carbocycles. The van der Waals surface area contributed by atoms with Crippen LogP contribution in [0.3, 0.4) is 0 Å². The van der Waals surface area contributed by atoms with Crippen LogP contribution in [0.25, 0.3) is 0 Å². The maximum Gasteiger partial charge on any atom is 0.412 e. The van der Waals surface area contributed by atoms with Gasteiger partial charge in [-0.3, -0.25) is 14.6 Å². The molecule has 0 radical (unpaired) electrons. The molecule has 3 fully saturated rings. The summed E-state index contributed by atoms with van der Waals surface area (Å²) in [5.74, 6) is -1.78. The first-order chi connectivity index (χ1) is 26.8. The molecule has 2 heterocycles. The van der Waals surface area contributed by atoms with Crippen LogP contribution >= 0.6 is 0 Å². The van der Waals surface area contributed by atoms with Gasteiger partial charge in [-0.2, -0.15) is 0 Å². The van der Waals surface area contributed by atoms with E-state index in [9.17, 15) is 24.0 Å². The van der Waals surface area contributed by atoms with E-state index in [0.717, 1.165) is 37.7 Å². The monoisotopic (exact) mass is 803 g/mol. The number of amides is 2. The van der Waals surface area contributed by atoms with E-state index < -0.39 is 77.9 Å². The maximum absolute atomic E-state index is 14.2. The van der Waals surface area contributed by atoms with Gasteiger partial charge in [-0.05, 0) is 79.7 Å². The van der Waals surface area contributed by atoms with E-state index in [1.807, 2.05) is 18.2 Å². The van der Waals surface area contributed by atoms with Crippen molar-refractivity contribution in [2.24, 2.45) is 5.92 Å². The lowest BCUT2D eigenvalue weighted by Crippen LogP contribution is -2.51. The van der Waals surface area contributed by atoms with E-state index in [4.69, 9.17) is 33.2 Å². The number of ether oxygens (including phenoxy) is 7. The van der Waals surface area contributed by atoms with Gasteiger partial charge in [0.1, 0.15) is 36.2 Å². The molecule has 15 nitrogen and oxygen atoms in total. The van der Waals surface area contributed by atoms with Crippen molar-refractivity contribution in [3.05, 3.63) is 35.9 Å². The SMILES string of the molecule is CC(C)(C)OC(=O)[C@H](COC(=O)CCC(CN1CCOCC1)OC(=O)[C@@H]1OC(C)(C)N(C(=O)OC(C)(C)C)[C@H]1CC1CCCCC1)NC(=O)OCc1ccccc1. The number of hydrogen-bond acceptors (Lipinski definition) is 13. The number of esters is 3. The summed E-state index contributed by atoms with van der Waals surface area (Å²) in [5.41, 5.74) is -2.03. The van der Waals surface area contributed by atoms with E-state index in [0.29, 0.717) is 45.2 Å². The molecule has 3 aliphatic rings. The van der Waals surface area contributed by atoms with Crippen molar-refractivity contribution >= 4 is 30.1 Å². The summed E-state index contributed by atoms with van der Waals surface area (Å²) in [7, 11) is 0. The first-order valence-corrected chi connectivity index (χ1v) is 20.4. The van der Waals surface area contributed by atoms with Gasteiger partial charge < -0.3 is 38.5 Å². The number of carbonyl (C=O) groups is 5. The number of nitrogens with zero attached hydrogens (tertiary/aromatic N) is 2. The van der Waals surface area contributed by atoms with Crippen LogP contribution < -0.4 is 5.32 Å². The highest BCUT2D eigenvalue weighted by molar-refractivity contribution is 5.82. The third kappa shape index (κ3) is 15.4. The Hall–Kier alpha value is -3.95. The number of hydrogen-bond donors (Lipinski definition) is 1. The second kappa shape index (κ2) is 20.6. The Labute approximate surface area is 337 Å². The molecule has 2 aliphatic heterocycles. The average molecular weight is 804 g/mol. The van der Waals surface area contributed by atoms with Crippen molar-refractivity contribution in [3.8, 4) is 0 Å². The predicted octanol–water partition coefficient (Wildman–Crippen LogP) is 5.90. The second-order valence-electron chi connectivity index (χ2n) is 17.6. The summed E-state index contributed by atoms with van der Waals surface area (Å²) in [6, 6.07) is 7.09. The molecule has 1 N–H and O–H groups in total. The molecule has 1 unspecified atom stereocenters. The van der Waals surface area contributed by atoms with Gasteiger partial charge in [-0.25, -0.2) is 19.2 Å². The lowest BCUT2D eigenvalue weighted by molar-refractivity contribution is -0.170. The van der Waals surface area contributed by atoms with Gasteiger partial charge in [0, 0.05) is 26.1 Å². The van der Waals surface area contributed by atoms with Crippen molar-refractivity contribution in [3.63, 3.8) is 0 Å². The Kier molecular flexibility index (Phi) is 16.6. The highest BCUT2D eigenvalue weighted by Crippen LogP contribution is 2.40. The standard InChI is InChI=1S/C42H65N3O12/c1-40(2,3)56-36(47)32(43-38(49)53-27-30-17-13-10-14-18-30)28-52-34(46)20-19-31(26-44-21-23-51-24-22-44)54-37(48)35-33(25-29-15-11-9-12-16-29)45(42(7,8)55-35)39(50)57-41(4,5)6/h10,13-14,17-18,29,31-33,35H,9,11-12,15-16,19-28H2,1-8H3,(H,43,49)/t31?,32-,33-,35+/m0/s1. The summed E-state index contributed by atoms with van der Waals surface area (Å²) >= 11 is 0. The van der Waals surface area contributed by atoms with Crippen molar-refractivity contribution in [1.82, 2.24) is 15.1 Å². The summed E-state index contributed by atoms with van der Waals surface area (Å²) in [4.78, 5) is 70.4. The maximum atomic E-state index is 14.2. The average Bonchev–Trinajstić information content (AvgIpc) is 3.40. The molecule has 1 saturated carbocycles. The number of benzene rings is 1. The van der Waals surface area contributed by atoms with Gasteiger partial charge in [-0.15, -0.1) is 0 Å². The zero-order chi connectivity index (χ0) is 41.8. The van der Waals surface area contributed by atoms with Gasteiger partial charge >= 0.3 is 30.1 Å². The van der Waals surface area contributed by atoms with E-state index in [1.54, 1.807) is 72.4 Å². The smallest absolute Gasteiger partial charge is 0.412 e. The van der Waals surface area contributed by atoms with Gasteiger partial charge in [0.05, 0.1) is 19.3 Å². The summed E-state index contributed by atoms with van der Waals surface area (Å²) in [6.07, 6.45) is 2.60. The molecule has 0 spiro atoms. The Morgan fingerprint density at radius 1 is 0.895 bits per heavy atom. The summed E-state index contributed by atoms with van der Waals surface area (Å²) in [6.45, 7) is 16.0.